The zero-order valence-electron chi connectivity index (χ0n) is 10.9. The van der Waals surface area contributed by atoms with E-state index in [2.05, 4.69) is 4.99 Å². The first-order chi connectivity index (χ1) is 8.34. The molecule has 0 aliphatic carbocycles. The number of unbranched alkanes of at least 4 members (excludes halogenated alkanes) is 1. The molecule has 0 fully saturated rings. The highest BCUT2D eigenvalue weighted by molar-refractivity contribution is 7.04. The summed E-state index contributed by atoms with van der Waals surface area (Å²) in [6, 6.07) is 0. The fourth-order valence-electron chi connectivity index (χ4n) is 1.47. The minimum Gasteiger partial charge on any atom is -0.463 e. The van der Waals surface area contributed by atoms with E-state index in [0.717, 1.165) is 5.56 Å². The summed E-state index contributed by atoms with van der Waals surface area (Å²) in [4.78, 5) is 14.3. The van der Waals surface area contributed by atoms with Crippen LogP contribution in [0.3, 0.4) is 0 Å². The monoisotopic (exact) mass is 274 g/mol. The van der Waals surface area contributed by atoms with E-state index in [4.69, 9.17) is 5.11 Å². The van der Waals surface area contributed by atoms with Crippen LogP contribution in [0.15, 0.2) is 11.2 Å². The molecule has 6 heteroatoms. The van der Waals surface area contributed by atoms with Gasteiger partial charge >= 0.3 is 6.09 Å². The maximum atomic E-state index is 12.1. The van der Waals surface area contributed by atoms with Crippen LogP contribution < -0.4 is 4.67 Å². The highest BCUT2D eigenvalue weighted by atomic mass is 32.1. The minimum absolute atomic E-state index is 0.105. The third-order valence-corrected chi connectivity index (χ3v) is 3.80. The molecule has 0 saturated carbocycles. The number of hydrogen-bond acceptors (Lipinski definition) is 2. The smallest absolute Gasteiger partial charge is 0.432 e. The van der Waals surface area contributed by atoms with E-state index in [0.29, 0.717) is 23.9 Å². The quantitative estimate of drug-likeness (QED) is 0.857. The summed E-state index contributed by atoms with van der Waals surface area (Å²) in [7, 11) is 0. The number of amides is 1. The lowest BCUT2D eigenvalue weighted by molar-refractivity contribution is 0.205. The van der Waals surface area contributed by atoms with E-state index in [9.17, 15) is 9.18 Å². The minimum atomic E-state index is -1.19. The second-order valence-corrected chi connectivity index (χ2v) is 6.05. The van der Waals surface area contributed by atoms with Gasteiger partial charge in [-0.05, 0) is 51.6 Å². The van der Waals surface area contributed by atoms with Crippen LogP contribution in [0.1, 0.15) is 39.2 Å². The molecule has 0 aliphatic rings. The molecule has 0 aromatic carbocycles. The van der Waals surface area contributed by atoms with Crippen LogP contribution in [0.4, 0.5) is 9.18 Å². The largest absolute Gasteiger partial charge is 0.463 e. The molecule has 1 amide bonds. The standard InChI is InChI=1S/C12H19FN2O2S/c1-12(2,3)15-8-9(6-4-5-7-13)10(18-15)14-11(16)17/h8H,4-7H2,1-3H3,(H,16,17)/b14-10-. The van der Waals surface area contributed by atoms with Crippen molar-refractivity contribution in [3.63, 3.8) is 0 Å². The highest BCUT2D eigenvalue weighted by Gasteiger charge is 2.15. The summed E-state index contributed by atoms with van der Waals surface area (Å²) in [5, 5.41) is 8.75. The third kappa shape index (κ3) is 4.25. The van der Waals surface area contributed by atoms with Gasteiger partial charge in [0.1, 0.15) is 4.67 Å². The fourth-order valence-corrected chi connectivity index (χ4v) is 2.50. The van der Waals surface area contributed by atoms with E-state index in [-0.39, 0.29) is 12.2 Å². The number of aryl methyl sites for hydroxylation is 1. The average molecular weight is 274 g/mol. The Kier molecular flexibility index (Phi) is 5.07. The van der Waals surface area contributed by atoms with E-state index < -0.39 is 6.09 Å². The normalized spacial score (nSPS) is 13.0. The lowest BCUT2D eigenvalue weighted by Crippen LogP contribution is -2.18. The van der Waals surface area contributed by atoms with Crippen LogP contribution in [-0.4, -0.2) is 21.8 Å². The first-order valence-corrected chi connectivity index (χ1v) is 6.68. The number of halogens is 1. The van der Waals surface area contributed by atoms with Gasteiger partial charge in [0, 0.05) is 17.3 Å². The molecular weight excluding hydrogens is 255 g/mol. The molecule has 102 valence electrons. The maximum absolute atomic E-state index is 12.1. The topological polar surface area (TPSA) is 54.6 Å². The zero-order valence-corrected chi connectivity index (χ0v) is 11.8. The first kappa shape index (κ1) is 14.9. The van der Waals surface area contributed by atoms with E-state index in [1.165, 1.54) is 11.5 Å². The summed E-state index contributed by atoms with van der Waals surface area (Å²) < 4.78 is 14.6. The molecule has 0 bridgehead atoms. The van der Waals surface area contributed by atoms with Gasteiger partial charge in [0.25, 0.3) is 0 Å². The highest BCUT2D eigenvalue weighted by Crippen LogP contribution is 2.17. The Hall–Kier alpha value is -1.17. The van der Waals surface area contributed by atoms with Gasteiger partial charge in [0.15, 0.2) is 0 Å². The summed E-state index contributed by atoms with van der Waals surface area (Å²) in [6.45, 7) is 5.78. The van der Waals surface area contributed by atoms with Crippen molar-refractivity contribution < 1.29 is 14.3 Å². The number of alkyl halides is 1. The summed E-state index contributed by atoms with van der Waals surface area (Å²) >= 11 is 1.33. The number of rotatable bonds is 4. The van der Waals surface area contributed by atoms with E-state index in [1.54, 1.807) is 0 Å². The molecular formula is C12H19FN2O2S. The molecule has 1 aromatic rings. The Labute approximate surface area is 110 Å². The maximum Gasteiger partial charge on any atom is 0.432 e. The first-order valence-electron chi connectivity index (χ1n) is 5.90. The molecule has 0 spiro atoms. The van der Waals surface area contributed by atoms with Gasteiger partial charge in [-0.1, -0.05) is 0 Å². The van der Waals surface area contributed by atoms with Crippen molar-refractivity contribution in [2.75, 3.05) is 6.67 Å². The number of aromatic nitrogens is 1. The second-order valence-electron chi connectivity index (χ2n) is 5.09. The average Bonchev–Trinajstić information content (AvgIpc) is 2.61. The van der Waals surface area contributed by atoms with Gasteiger partial charge in [0.05, 0.1) is 6.67 Å². The molecule has 0 aliphatic heterocycles. The number of hydrogen-bond donors (Lipinski definition) is 1. The summed E-state index contributed by atoms with van der Waals surface area (Å²) in [5.41, 5.74) is 0.775. The SMILES string of the molecule is CC(C)(C)n1cc(CCCCF)/c(=N/C(=O)O)s1. The molecule has 0 unspecified atom stereocenters. The van der Waals surface area contributed by atoms with Crippen molar-refractivity contribution in [3.8, 4) is 0 Å². The van der Waals surface area contributed by atoms with Crippen molar-refractivity contribution in [3.05, 3.63) is 16.4 Å². The van der Waals surface area contributed by atoms with Crippen LogP contribution in [0.25, 0.3) is 0 Å². The number of carbonyl (C=O) groups is 1. The van der Waals surface area contributed by atoms with Crippen molar-refractivity contribution in [1.82, 2.24) is 3.96 Å². The van der Waals surface area contributed by atoms with E-state index in [1.807, 2.05) is 30.9 Å². The Morgan fingerprint density at radius 3 is 2.67 bits per heavy atom. The molecule has 0 saturated heterocycles. The van der Waals surface area contributed by atoms with Gasteiger partial charge in [-0.2, -0.15) is 4.99 Å². The van der Waals surface area contributed by atoms with Gasteiger partial charge in [-0.25, -0.2) is 4.79 Å². The van der Waals surface area contributed by atoms with Gasteiger partial charge in [-0.3, -0.25) is 8.35 Å². The molecule has 1 aromatic heterocycles. The Morgan fingerprint density at radius 2 is 2.17 bits per heavy atom. The van der Waals surface area contributed by atoms with Crippen molar-refractivity contribution in [2.24, 2.45) is 4.99 Å². The summed E-state index contributed by atoms with van der Waals surface area (Å²) in [6.07, 6.45) is 2.60. The predicted octanol–water partition coefficient (Wildman–Crippen LogP) is 3.18. The third-order valence-electron chi connectivity index (χ3n) is 2.42. The van der Waals surface area contributed by atoms with Crippen LogP contribution in [-0.2, 0) is 12.0 Å². The lowest BCUT2D eigenvalue weighted by Gasteiger charge is -2.19. The molecule has 1 N–H and O–H groups in total. The second kappa shape index (κ2) is 6.13. The number of carboxylic acid groups (broad SMARTS) is 1. The van der Waals surface area contributed by atoms with Crippen LogP contribution in [0, 0.1) is 0 Å². The number of nitrogens with zero attached hydrogens (tertiary/aromatic N) is 2. The van der Waals surface area contributed by atoms with E-state index >= 15 is 0 Å². The molecule has 0 atom stereocenters. The zero-order chi connectivity index (χ0) is 13.8. The Morgan fingerprint density at radius 1 is 1.50 bits per heavy atom. The van der Waals surface area contributed by atoms with Crippen molar-refractivity contribution in [2.45, 2.75) is 45.6 Å². The molecule has 1 rings (SSSR count). The van der Waals surface area contributed by atoms with Gasteiger partial charge < -0.3 is 5.11 Å². The van der Waals surface area contributed by atoms with Crippen molar-refractivity contribution >= 4 is 17.6 Å². The summed E-state index contributed by atoms with van der Waals surface area (Å²) in [5.74, 6) is 0. The van der Waals surface area contributed by atoms with Crippen LogP contribution in [0.2, 0.25) is 0 Å². The fraction of sp³-hybridized carbons (Fsp3) is 0.667. The lowest BCUT2D eigenvalue weighted by atomic mass is 10.1. The Bertz CT molecular complexity index is 471. The van der Waals surface area contributed by atoms with Crippen LogP contribution in [0.5, 0.6) is 0 Å². The molecule has 0 radical (unpaired) electrons. The predicted molar refractivity (Wildman–Crippen MR) is 69.8 cm³/mol. The molecule has 4 nitrogen and oxygen atoms in total. The van der Waals surface area contributed by atoms with Gasteiger partial charge in [0.2, 0.25) is 0 Å². The van der Waals surface area contributed by atoms with Crippen LogP contribution >= 0.6 is 11.5 Å². The molecule has 1 heterocycles. The Balaban J connectivity index is 3.06. The van der Waals surface area contributed by atoms with Crippen molar-refractivity contribution in [1.29, 1.82) is 0 Å². The van der Waals surface area contributed by atoms with Gasteiger partial charge in [-0.15, -0.1) is 0 Å². The molecule has 18 heavy (non-hydrogen) atoms.